The van der Waals surface area contributed by atoms with Crippen LogP contribution in [-0.4, -0.2) is 33.0 Å². The van der Waals surface area contributed by atoms with Crippen LogP contribution < -0.4 is 0 Å². The number of cyclic esters (lactones) is 2. The maximum Gasteiger partial charge on any atom is 0.508 e. The van der Waals surface area contributed by atoms with Crippen molar-refractivity contribution in [3.63, 3.8) is 0 Å². The van der Waals surface area contributed by atoms with E-state index in [9.17, 15) is 13.2 Å². The molecule has 0 amide bonds. The summed E-state index contributed by atoms with van der Waals surface area (Å²) in [6.07, 6.45) is -1.61. The summed E-state index contributed by atoms with van der Waals surface area (Å²) in [5.74, 6) is -0.402. The maximum absolute atomic E-state index is 10.4. The molecule has 0 N–H and O–H groups in total. The van der Waals surface area contributed by atoms with Crippen molar-refractivity contribution in [1.82, 2.24) is 0 Å². The van der Waals surface area contributed by atoms with E-state index in [4.69, 9.17) is 10.7 Å². The number of ether oxygens (including phenoxy) is 2. The number of carbonyl (C=O) groups is 1. The second-order valence-electron chi connectivity index (χ2n) is 2.01. The molecule has 0 spiro atoms. The molecule has 5 nitrogen and oxygen atoms in total. The van der Waals surface area contributed by atoms with E-state index in [1.54, 1.807) is 0 Å². The Morgan fingerprint density at radius 1 is 1.64 bits per heavy atom. The molecule has 1 atom stereocenters. The molecule has 1 fully saturated rings. The zero-order chi connectivity index (χ0) is 8.48. The monoisotopic (exact) mass is 200 g/mol. The Balaban J connectivity index is 2.47. The summed E-state index contributed by atoms with van der Waals surface area (Å²) in [5, 5.41) is 0. The molecule has 1 aliphatic rings. The summed E-state index contributed by atoms with van der Waals surface area (Å²) >= 11 is 0. The molecule has 0 aromatic rings. The van der Waals surface area contributed by atoms with Gasteiger partial charge >= 0.3 is 6.16 Å². The van der Waals surface area contributed by atoms with Crippen molar-refractivity contribution in [2.75, 3.05) is 12.4 Å². The summed E-state index contributed by atoms with van der Waals surface area (Å²) in [6.45, 7) is -0.0508. The predicted octanol–water partition coefficient (Wildman–Crippen LogP) is 0.0904. The fourth-order valence-corrected chi connectivity index (χ4v) is 1.70. The number of carbonyl (C=O) groups excluding carboxylic acids is 1. The Morgan fingerprint density at radius 2 is 2.27 bits per heavy atom. The zero-order valence-electron chi connectivity index (χ0n) is 5.32. The second-order valence-corrected chi connectivity index (χ2v) is 4.83. The van der Waals surface area contributed by atoms with Crippen LogP contribution in [0.2, 0.25) is 0 Å². The highest BCUT2D eigenvalue weighted by Crippen LogP contribution is 2.10. The number of rotatable bonds is 2. The molecule has 64 valence electrons. The van der Waals surface area contributed by atoms with Gasteiger partial charge in [0.25, 0.3) is 0 Å². The normalized spacial score (nSPS) is 24.5. The van der Waals surface area contributed by atoms with E-state index in [-0.39, 0.29) is 6.61 Å². The Morgan fingerprint density at radius 3 is 2.64 bits per heavy atom. The van der Waals surface area contributed by atoms with Gasteiger partial charge in [-0.05, 0) is 0 Å². The van der Waals surface area contributed by atoms with Crippen LogP contribution in [0.3, 0.4) is 0 Å². The van der Waals surface area contributed by atoms with Crippen LogP contribution in [0.4, 0.5) is 4.79 Å². The molecule has 1 heterocycles. The van der Waals surface area contributed by atoms with Crippen LogP contribution in [0.15, 0.2) is 0 Å². The topological polar surface area (TPSA) is 69.7 Å². The molecule has 0 aliphatic carbocycles. The lowest BCUT2D eigenvalue weighted by molar-refractivity contribution is 0.122. The van der Waals surface area contributed by atoms with Crippen LogP contribution in [0.1, 0.15) is 0 Å². The number of hydrogen-bond donors (Lipinski definition) is 0. The lowest BCUT2D eigenvalue weighted by Gasteiger charge is -2.00. The second kappa shape index (κ2) is 2.86. The van der Waals surface area contributed by atoms with Crippen molar-refractivity contribution in [1.29, 1.82) is 0 Å². The highest BCUT2D eigenvalue weighted by Gasteiger charge is 2.28. The Labute approximate surface area is 67.6 Å². The van der Waals surface area contributed by atoms with E-state index < -0.39 is 27.1 Å². The predicted molar refractivity (Wildman–Crippen MR) is 35.9 cm³/mol. The van der Waals surface area contributed by atoms with Crippen molar-refractivity contribution in [2.24, 2.45) is 0 Å². The Hall–Kier alpha value is -0.490. The van der Waals surface area contributed by atoms with E-state index >= 15 is 0 Å². The van der Waals surface area contributed by atoms with Gasteiger partial charge in [-0.25, -0.2) is 13.2 Å². The number of hydrogen-bond acceptors (Lipinski definition) is 5. The first-order chi connectivity index (χ1) is 4.97. The van der Waals surface area contributed by atoms with Gasteiger partial charge in [-0.15, -0.1) is 0 Å². The van der Waals surface area contributed by atoms with Gasteiger partial charge in [0.15, 0.2) is 6.10 Å². The molecular weight excluding hydrogens is 196 g/mol. The van der Waals surface area contributed by atoms with Gasteiger partial charge in [0, 0.05) is 10.7 Å². The van der Waals surface area contributed by atoms with Crippen molar-refractivity contribution < 1.29 is 22.7 Å². The van der Waals surface area contributed by atoms with Gasteiger partial charge < -0.3 is 9.47 Å². The van der Waals surface area contributed by atoms with Gasteiger partial charge in [0.05, 0.1) is 0 Å². The lowest BCUT2D eigenvalue weighted by Crippen LogP contribution is -2.19. The summed E-state index contributed by atoms with van der Waals surface area (Å²) < 4.78 is 29.6. The van der Waals surface area contributed by atoms with Crippen molar-refractivity contribution in [3.05, 3.63) is 0 Å². The van der Waals surface area contributed by atoms with Crippen LogP contribution in [0.25, 0.3) is 0 Å². The highest BCUT2D eigenvalue weighted by atomic mass is 35.7. The molecule has 0 saturated carbocycles. The fraction of sp³-hybridized carbons (Fsp3) is 0.750. The molecule has 0 radical (unpaired) electrons. The van der Waals surface area contributed by atoms with Gasteiger partial charge in [-0.1, -0.05) is 0 Å². The molecule has 0 bridgehead atoms. The van der Waals surface area contributed by atoms with Gasteiger partial charge in [0.2, 0.25) is 9.05 Å². The molecule has 7 heteroatoms. The summed E-state index contributed by atoms with van der Waals surface area (Å²) in [7, 11) is 1.27. The third-order valence-electron chi connectivity index (χ3n) is 1.03. The average molecular weight is 201 g/mol. The highest BCUT2D eigenvalue weighted by molar-refractivity contribution is 8.13. The largest absolute Gasteiger partial charge is 0.508 e. The van der Waals surface area contributed by atoms with Crippen LogP contribution in [0.5, 0.6) is 0 Å². The van der Waals surface area contributed by atoms with Crippen LogP contribution in [0, 0.1) is 0 Å². The third kappa shape index (κ3) is 2.94. The first-order valence-electron chi connectivity index (χ1n) is 2.73. The minimum atomic E-state index is -3.62. The molecule has 11 heavy (non-hydrogen) atoms. The molecule has 1 aliphatic heterocycles. The van der Waals surface area contributed by atoms with E-state index in [1.807, 2.05) is 0 Å². The molecule has 1 unspecified atom stereocenters. The van der Waals surface area contributed by atoms with Gasteiger partial charge in [0.1, 0.15) is 12.4 Å². The SMILES string of the molecule is O=C1OCC(CS(=O)(=O)Cl)O1. The first kappa shape index (κ1) is 8.61. The molecule has 1 saturated heterocycles. The molecular formula is C4H5ClO5S. The number of halogens is 1. The van der Waals surface area contributed by atoms with Gasteiger partial charge in [-0.3, -0.25) is 0 Å². The van der Waals surface area contributed by atoms with E-state index in [2.05, 4.69) is 9.47 Å². The Bertz CT molecular complexity index is 258. The molecule has 0 aromatic carbocycles. The smallest absolute Gasteiger partial charge is 0.430 e. The minimum Gasteiger partial charge on any atom is -0.430 e. The lowest BCUT2D eigenvalue weighted by atomic mass is 10.4. The fourth-order valence-electron chi connectivity index (χ4n) is 0.669. The van der Waals surface area contributed by atoms with Crippen LogP contribution >= 0.6 is 10.7 Å². The zero-order valence-corrected chi connectivity index (χ0v) is 6.89. The van der Waals surface area contributed by atoms with E-state index in [1.165, 1.54) is 0 Å². The van der Waals surface area contributed by atoms with Crippen molar-refractivity contribution >= 4 is 25.9 Å². The third-order valence-corrected chi connectivity index (χ3v) is 2.18. The standard InChI is InChI=1S/C4H5ClO5S/c5-11(7,8)2-3-1-9-4(6)10-3/h3H,1-2H2. The summed E-state index contributed by atoms with van der Waals surface area (Å²) in [5.41, 5.74) is 0. The van der Waals surface area contributed by atoms with E-state index in [0.29, 0.717) is 0 Å². The molecule has 0 aromatic heterocycles. The van der Waals surface area contributed by atoms with Crippen LogP contribution in [-0.2, 0) is 18.5 Å². The average Bonchev–Trinajstić information content (AvgIpc) is 2.10. The first-order valence-corrected chi connectivity index (χ1v) is 5.21. The van der Waals surface area contributed by atoms with Gasteiger partial charge in [-0.2, -0.15) is 0 Å². The summed E-state index contributed by atoms with van der Waals surface area (Å²) in [6, 6.07) is 0. The molecule has 1 rings (SSSR count). The Kier molecular flexibility index (Phi) is 2.24. The quantitative estimate of drug-likeness (QED) is 0.467. The maximum atomic E-state index is 10.4. The van der Waals surface area contributed by atoms with Crippen molar-refractivity contribution in [3.8, 4) is 0 Å². The van der Waals surface area contributed by atoms with E-state index in [0.717, 1.165) is 0 Å². The summed E-state index contributed by atoms with van der Waals surface area (Å²) in [4.78, 5) is 10.3. The minimum absolute atomic E-state index is 0.0508. The van der Waals surface area contributed by atoms with Crippen molar-refractivity contribution in [2.45, 2.75) is 6.10 Å².